The van der Waals surface area contributed by atoms with Crippen molar-refractivity contribution in [3.05, 3.63) is 71.4 Å². The van der Waals surface area contributed by atoms with Gasteiger partial charge in [0.05, 0.1) is 17.3 Å². The third kappa shape index (κ3) is 5.78. The molecule has 0 aromatic carbocycles. The smallest absolute Gasteiger partial charge is 0.412 e. The number of rotatable bonds is 5. The van der Waals surface area contributed by atoms with Crippen LogP contribution in [-0.4, -0.2) is 34.5 Å². The van der Waals surface area contributed by atoms with E-state index in [2.05, 4.69) is 22.2 Å². The van der Waals surface area contributed by atoms with Gasteiger partial charge in [0, 0.05) is 23.7 Å². The van der Waals surface area contributed by atoms with Gasteiger partial charge in [0.2, 0.25) is 5.91 Å². The maximum atomic E-state index is 13.1. The summed E-state index contributed by atoms with van der Waals surface area (Å²) in [5.41, 5.74) is 2.74. The van der Waals surface area contributed by atoms with Crippen LogP contribution in [0.4, 0.5) is 9.18 Å². The molecule has 0 radical (unpaired) electrons. The van der Waals surface area contributed by atoms with Gasteiger partial charge >= 0.3 is 6.09 Å². The van der Waals surface area contributed by atoms with Crippen molar-refractivity contribution in [3.63, 3.8) is 0 Å². The maximum Gasteiger partial charge on any atom is 0.412 e. The molecule has 0 aliphatic heterocycles. The molecule has 3 rings (SSSR count). The monoisotopic (exact) mass is 438 g/mol. The number of amides is 2. The normalized spacial score (nSPS) is 21.4. The summed E-state index contributed by atoms with van der Waals surface area (Å²) < 4.78 is 18.5. The van der Waals surface area contributed by atoms with Crippen LogP contribution in [0.1, 0.15) is 38.3 Å². The molecule has 168 valence electrons. The van der Waals surface area contributed by atoms with Gasteiger partial charge in [0.25, 0.3) is 0 Å². The van der Waals surface area contributed by atoms with Crippen LogP contribution in [0.25, 0.3) is 5.57 Å². The number of carbonyl (C=O) groups excluding carboxylic acids is 2. The Labute approximate surface area is 186 Å². The number of allylic oxidation sites excluding steroid dienone is 5. The molecular weight excluding hydrogens is 411 g/mol. The molecule has 1 saturated carbocycles. The van der Waals surface area contributed by atoms with Gasteiger partial charge in [-0.3, -0.25) is 20.5 Å². The van der Waals surface area contributed by atoms with Crippen molar-refractivity contribution in [2.75, 3.05) is 0 Å². The summed E-state index contributed by atoms with van der Waals surface area (Å²) in [6.45, 7) is 11.0. The molecule has 0 spiro atoms. The fourth-order valence-electron chi connectivity index (χ4n) is 3.15. The lowest BCUT2D eigenvalue weighted by atomic mass is 9.91. The molecular formula is C24H27FN4O3. The molecule has 1 fully saturated rings. The number of ether oxygens (including phenoxy) is 1. The van der Waals surface area contributed by atoms with E-state index in [1.165, 1.54) is 6.08 Å². The second-order valence-electron chi connectivity index (χ2n) is 8.82. The van der Waals surface area contributed by atoms with E-state index in [1.54, 1.807) is 45.3 Å². The maximum absolute atomic E-state index is 13.1. The van der Waals surface area contributed by atoms with Crippen LogP contribution in [0.2, 0.25) is 0 Å². The van der Waals surface area contributed by atoms with E-state index in [0.29, 0.717) is 5.57 Å². The molecule has 2 aliphatic carbocycles. The van der Waals surface area contributed by atoms with Gasteiger partial charge in [-0.25, -0.2) is 9.18 Å². The lowest BCUT2D eigenvalue weighted by Crippen LogP contribution is -2.35. The largest absolute Gasteiger partial charge is 0.444 e. The fraction of sp³-hybridized carbons (Fsp3) is 0.333. The van der Waals surface area contributed by atoms with E-state index in [9.17, 15) is 14.0 Å². The highest BCUT2D eigenvalue weighted by Gasteiger charge is 2.43. The predicted molar refractivity (Wildman–Crippen MR) is 120 cm³/mol. The van der Waals surface area contributed by atoms with Crippen LogP contribution >= 0.6 is 0 Å². The summed E-state index contributed by atoms with van der Waals surface area (Å²) in [5.74, 6) is -1.08. The van der Waals surface area contributed by atoms with E-state index < -0.39 is 29.7 Å². The Morgan fingerprint density at radius 3 is 2.62 bits per heavy atom. The van der Waals surface area contributed by atoms with Gasteiger partial charge in [-0.2, -0.15) is 0 Å². The molecule has 1 aromatic rings. The number of nitrogens with one attached hydrogen (secondary N) is 3. The minimum atomic E-state index is -1.11. The molecule has 2 unspecified atom stereocenters. The summed E-state index contributed by atoms with van der Waals surface area (Å²) in [4.78, 5) is 28.5. The Morgan fingerprint density at radius 2 is 2.03 bits per heavy atom. The second-order valence-corrected chi connectivity index (χ2v) is 8.82. The topological polar surface area (TPSA) is 104 Å². The molecule has 32 heavy (non-hydrogen) atoms. The van der Waals surface area contributed by atoms with E-state index in [1.807, 2.05) is 13.0 Å². The minimum absolute atomic E-state index is 0.0245. The Bertz CT molecular complexity index is 1080. The number of carbonyl (C=O) groups is 2. The number of hydrogen-bond donors (Lipinski definition) is 3. The SMILES string of the molecule is C=C(/C=C1/C=C(c2ccncc2C)C=C(NC(=O)OC(C)(C)C)C1=N)NC(=O)C1CC1F. The zero-order chi connectivity index (χ0) is 23.6. The first-order valence-corrected chi connectivity index (χ1v) is 10.2. The van der Waals surface area contributed by atoms with Gasteiger partial charge in [0.15, 0.2) is 0 Å². The Hall–Kier alpha value is -3.55. The first kappa shape index (κ1) is 23.1. The lowest BCUT2D eigenvalue weighted by molar-refractivity contribution is -0.121. The van der Waals surface area contributed by atoms with Gasteiger partial charge in [-0.05, 0) is 75.1 Å². The van der Waals surface area contributed by atoms with Crippen molar-refractivity contribution in [1.29, 1.82) is 5.41 Å². The number of hydrogen-bond acceptors (Lipinski definition) is 5. The van der Waals surface area contributed by atoms with Crippen LogP contribution in [0.3, 0.4) is 0 Å². The highest BCUT2D eigenvalue weighted by atomic mass is 19.1. The molecule has 1 aromatic heterocycles. The highest BCUT2D eigenvalue weighted by molar-refractivity contribution is 6.18. The second kappa shape index (κ2) is 8.90. The summed E-state index contributed by atoms with van der Waals surface area (Å²) in [6, 6.07) is 1.83. The zero-order valence-corrected chi connectivity index (χ0v) is 18.6. The van der Waals surface area contributed by atoms with Gasteiger partial charge in [0.1, 0.15) is 11.8 Å². The first-order valence-electron chi connectivity index (χ1n) is 10.2. The van der Waals surface area contributed by atoms with E-state index in [0.717, 1.165) is 16.7 Å². The molecule has 2 aliphatic rings. The van der Waals surface area contributed by atoms with Crippen molar-refractivity contribution in [2.45, 2.75) is 45.9 Å². The van der Waals surface area contributed by atoms with Crippen LogP contribution in [-0.2, 0) is 9.53 Å². The number of nitrogens with zero attached hydrogens (tertiary/aromatic N) is 1. The molecule has 0 saturated heterocycles. The number of pyridine rings is 1. The third-order valence-electron chi connectivity index (χ3n) is 4.80. The summed E-state index contributed by atoms with van der Waals surface area (Å²) in [5, 5.41) is 13.8. The summed E-state index contributed by atoms with van der Waals surface area (Å²) in [6.07, 6.45) is 6.76. The molecule has 3 N–H and O–H groups in total. The number of aromatic nitrogens is 1. The van der Waals surface area contributed by atoms with Crippen LogP contribution in [0, 0.1) is 18.3 Å². The Balaban J connectivity index is 1.90. The third-order valence-corrected chi connectivity index (χ3v) is 4.80. The molecule has 7 nitrogen and oxygen atoms in total. The average Bonchev–Trinajstić information content (AvgIpc) is 3.40. The van der Waals surface area contributed by atoms with E-state index >= 15 is 0 Å². The summed E-state index contributed by atoms with van der Waals surface area (Å²) >= 11 is 0. The number of aryl methyl sites for hydroxylation is 1. The van der Waals surface area contributed by atoms with Crippen LogP contribution in [0.5, 0.6) is 0 Å². The lowest BCUT2D eigenvalue weighted by Gasteiger charge is -2.23. The minimum Gasteiger partial charge on any atom is -0.444 e. The fourth-order valence-corrected chi connectivity index (χ4v) is 3.15. The van der Waals surface area contributed by atoms with Crippen molar-refractivity contribution >= 4 is 23.3 Å². The quantitative estimate of drug-likeness (QED) is 0.643. The Kier molecular flexibility index (Phi) is 6.43. The molecule has 2 atom stereocenters. The van der Waals surface area contributed by atoms with Gasteiger partial charge < -0.3 is 10.1 Å². The zero-order valence-electron chi connectivity index (χ0n) is 18.6. The van der Waals surface area contributed by atoms with Crippen molar-refractivity contribution < 1.29 is 18.7 Å². The van der Waals surface area contributed by atoms with Gasteiger partial charge in [-0.1, -0.05) is 6.58 Å². The number of alkyl carbamates (subject to hydrolysis) is 1. The van der Waals surface area contributed by atoms with Gasteiger partial charge in [-0.15, -0.1) is 0 Å². The van der Waals surface area contributed by atoms with Crippen molar-refractivity contribution in [3.8, 4) is 0 Å². The summed E-state index contributed by atoms with van der Waals surface area (Å²) in [7, 11) is 0. The molecule has 8 heteroatoms. The first-order chi connectivity index (χ1) is 14.9. The molecule has 2 amide bonds. The van der Waals surface area contributed by atoms with Crippen LogP contribution < -0.4 is 10.6 Å². The predicted octanol–water partition coefficient (Wildman–Crippen LogP) is 4.13. The van der Waals surface area contributed by atoms with Crippen molar-refractivity contribution in [1.82, 2.24) is 15.6 Å². The number of halogens is 1. The standard InChI is InChI=1S/C24H27FN4O3/c1-13-12-27-7-6-17(13)15-9-16(8-14(2)28-22(30)18-11-19(18)25)21(26)20(10-15)29-23(31)32-24(3,4)5/h6-10,12,18-19,26H,2,11H2,1,3-5H3,(H,28,30)(H,29,31)/b16-8-,26-21?. The van der Waals surface area contributed by atoms with Crippen molar-refractivity contribution in [2.24, 2.45) is 5.92 Å². The highest BCUT2D eigenvalue weighted by Crippen LogP contribution is 2.34. The van der Waals surface area contributed by atoms with Crippen LogP contribution in [0.15, 0.2) is 60.2 Å². The molecule has 1 heterocycles. The average molecular weight is 439 g/mol. The Morgan fingerprint density at radius 1 is 1.34 bits per heavy atom. The van der Waals surface area contributed by atoms with E-state index in [4.69, 9.17) is 10.1 Å². The molecule has 0 bridgehead atoms. The number of alkyl halides is 1. The van der Waals surface area contributed by atoms with E-state index in [-0.39, 0.29) is 23.5 Å².